The van der Waals surface area contributed by atoms with Crippen LogP contribution in [0.3, 0.4) is 0 Å². The molecule has 1 amide bonds. The lowest BCUT2D eigenvalue weighted by atomic mass is 10.1. The fraction of sp³-hybridized carbons (Fsp3) is 0.250. The molecule has 0 N–H and O–H groups in total. The molecule has 0 unspecified atom stereocenters. The number of pyridine rings is 2. The lowest BCUT2D eigenvalue weighted by Gasteiger charge is -2.28. The van der Waals surface area contributed by atoms with Crippen molar-refractivity contribution >= 4 is 12.1 Å². The van der Waals surface area contributed by atoms with E-state index >= 15 is 0 Å². The van der Waals surface area contributed by atoms with E-state index in [1.807, 2.05) is 0 Å². The second kappa shape index (κ2) is 8.47. The second-order valence-electron chi connectivity index (χ2n) is 7.86. The summed E-state index contributed by atoms with van der Waals surface area (Å²) >= 11 is 0. The molecule has 8 heteroatoms. The molecule has 0 bridgehead atoms. The largest absolute Gasteiger partial charge is 0.483 e. The van der Waals surface area contributed by atoms with E-state index in [2.05, 4.69) is 15.0 Å². The third-order valence-electron chi connectivity index (χ3n) is 5.51. The zero-order chi connectivity index (χ0) is 22.1. The van der Waals surface area contributed by atoms with Crippen LogP contribution in [0.4, 0.5) is 4.39 Å². The van der Waals surface area contributed by atoms with Crippen LogP contribution in [0.5, 0.6) is 5.75 Å². The Hall–Kier alpha value is -3.65. The highest BCUT2D eigenvalue weighted by molar-refractivity contribution is 5.95. The number of aliphatic imine (C=N–C) groups is 1. The quantitative estimate of drug-likeness (QED) is 0.598. The first-order chi connectivity index (χ1) is 15.6. The molecule has 4 heterocycles. The maximum Gasteiger partial charge on any atom is 0.255 e. The zero-order valence-electron chi connectivity index (χ0n) is 17.5. The smallest absolute Gasteiger partial charge is 0.255 e. The Bertz CT molecular complexity index is 1210. The molecular weight excluding hydrogens is 411 g/mol. The topological polar surface area (TPSA) is 76.9 Å². The monoisotopic (exact) mass is 432 g/mol. The van der Waals surface area contributed by atoms with Gasteiger partial charge in [-0.15, -0.1) is 0 Å². The maximum absolute atomic E-state index is 13.8. The molecule has 1 aromatic carbocycles. The summed E-state index contributed by atoms with van der Waals surface area (Å²) in [5.74, 6) is -0.136. The first-order valence-corrected chi connectivity index (χ1v) is 10.3. The SMILES string of the molecule is CN(Cc1cncc2c1CN=C2)C(=O)c1cnc(-c2cccc(F)c2)c(OC2COC2)c1. The first-order valence-electron chi connectivity index (χ1n) is 10.3. The minimum absolute atomic E-state index is 0.120. The average Bonchev–Trinajstić information content (AvgIpc) is 3.25. The fourth-order valence-corrected chi connectivity index (χ4v) is 3.74. The molecule has 162 valence electrons. The van der Waals surface area contributed by atoms with Gasteiger partial charge in [0.15, 0.2) is 0 Å². The van der Waals surface area contributed by atoms with E-state index in [9.17, 15) is 9.18 Å². The number of carbonyl (C=O) groups excluding carboxylic acids is 1. The fourth-order valence-electron chi connectivity index (χ4n) is 3.74. The average molecular weight is 432 g/mol. The van der Waals surface area contributed by atoms with E-state index in [-0.39, 0.29) is 17.8 Å². The molecule has 0 saturated carbocycles. The summed E-state index contributed by atoms with van der Waals surface area (Å²) < 4.78 is 25.0. The predicted octanol–water partition coefficient (Wildman–Crippen LogP) is 3.27. The Morgan fingerprint density at radius 3 is 2.91 bits per heavy atom. The number of carbonyl (C=O) groups is 1. The van der Waals surface area contributed by atoms with Gasteiger partial charge >= 0.3 is 0 Å². The lowest BCUT2D eigenvalue weighted by molar-refractivity contribution is -0.0795. The second-order valence-corrected chi connectivity index (χ2v) is 7.86. The van der Waals surface area contributed by atoms with Crippen molar-refractivity contribution in [2.24, 2.45) is 4.99 Å². The summed E-state index contributed by atoms with van der Waals surface area (Å²) in [6.45, 7) is 1.93. The third-order valence-corrected chi connectivity index (χ3v) is 5.51. The van der Waals surface area contributed by atoms with Gasteiger partial charge in [0.25, 0.3) is 5.91 Å². The third kappa shape index (κ3) is 3.97. The molecule has 0 radical (unpaired) electrons. The summed E-state index contributed by atoms with van der Waals surface area (Å²) in [5.41, 5.74) is 4.50. The van der Waals surface area contributed by atoms with E-state index in [4.69, 9.17) is 9.47 Å². The van der Waals surface area contributed by atoms with Gasteiger partial charge in [-0.1, -0.05) is 12.1 Å². The molecule has 2 aliphatic heterocycles. The van der Waals surface area contributed by atoms with Gasteiger partial charge < -0.3 is 14.4 Å². The van der Waals surface area contributed by atoms with Gasteiger partial charge in [-0.3, -0.25) is 19.8 Å². The molecule has 0 atom stereocenters. The van der Waals surface area contributed by atoms with Crippen LogP contribution in [0.25, 0.3) is 11.3 Å². The van der Waals surface area contributed by atoms with Crippen LogP contribution >= 0.6 is 0 Å². The van der Waals surface area contributed by atoms with Crippen molar-refractivity contribution in [2.45, 2.75) is 19.2 Å². The van der Waals surface area contributed by atoms with Crippen LogP contribution in [-0.4, -0.2) is 53.4 Å². The Balaban J connectivity index is 1.42. The number of aromatic nitrogens is 2. The minimum Gasteiger partial charge on any atom is -0.483 e. The Labute approximate surface area is 184 Å². The highest BCUT2D eigenvalue weighted by atomic mass is 19.1. The van der Waals surface area contributed by atoms with E-state index in [1.54, 1.807) is 48.8 Å². The summed E-state index contributed by atoms with van der Waals surface area (Å²) in [5, 5.41) is 0. The Morgan fingerprint density at radius 2 is 2.12 bits per heavy atom. The molecule has 32 heavy (non-hydrogen) atoms. The van der Waals surface area contributed by atoms with Gasteiger partial charge in [-0.25, -0.2) is 4.39 Å². The van der Waals surface area contributed by atoms with Gasteiger partial charge in [-0.05, 0) is 29.3 Å². The first kappa shape index (κ1) is 20.3. The van der Waals surface area contributed by atoms with Crippen LogP contribution in [-0.2, 0) is 17.8 Å². The Morgan fingerprint density at radius 1 is 1.25 bits per heavy atom. The van der Waals surface area contributed by atoms with Gasteiger partial charge in [-0.2, -0.15) is 0 Å². The Kier molecular flexibility index (Phi) is 5.36. The van der Waals surface area contributed by atoms with E-state index in [0.29, 0.717) is 48.9 Å². The number of hydrogen-bond donors (Lipinski definition) is 0. The van der Waals surface area contributed by atoms with Crippen molar-refractivity contribution in [1.82, 2.24) is 14.9 Å². The molecule has 0 spiro atoms. The number of fused-ring (bicyclic) bond motifs is 1. The van der Waals surface area contributed by atoms with Crippen molar-refractivity contribution < 1.29 is 18.7 Å². The minimum atomic E-state index is -0.366. The van der Waals surface area contributed by atoms with Crippen molar-refractivity contribution in [3.8, 4) is 17.0 Å². The predicted molar refractivity (Wildman–Crippen MR) is 116 cm³/mol. The molecule has 0 aliphatic carbocycles. The summed E-state index contributed by atoms with van der Waals surface area (Å²) in [4.78, 5) is 27.8. The zero-order valence-corrected chi connectivity index (χ0v) is 17.5. The van der Waals surface area contributed by atoms with Crippen LogP contribution < -0.4 is 4.74 Å². The van der Waals surface area contributed by atoms with Crippen LogP contribution in [0.1, 0.15) is 27.0 Å². The number of nitrogens with zero attached hydrogens (tertiary/aromatic N) is 4. The standard InChI is InChI=1S/C24H21FN4O3/c1-29(12-18-9-26-7-17-8-27-11-21(17)18)24(30)16-6-22(32-20-13-31-14-20)23(28-10-16)15-3-2-4-19(25)5-15/h2-10,20H,11-14H2,1H3. The molecule has 7 nitrogen and oxygen atoms in total. The van der Waals surface area contributed by atoms with E-state index in [1.165, 1.54) is 18.3 Å². The van der Waals surface area contributed by atoms with Crippen LogP contribution in [0.2, 0.25) is 0 Å². The van der Waals surface area contributed by atoms with Crippen molar-refractivity contribution in [1.29, 1.82) is 0 Å². The van der Waals surface area contributed by atoms with Gasteiger partial charge in [0.2, 0.25) is 0 Å². The normalized spacial score (nSPS) is 14.7. The number of ether oxygens (including phenoxy) is 2. The van der Waals surface area contributed by atoms with Gasteiger partial charge in [0.1, 0.15) is 23.4 Å². The molecule has 5 rings (SSSR count). The summed E-state index contributed by atoms with van der Waals surface area (Å²) in [6, 6.07) is 7.81. The van der Waals surface area contributed by atoms with E-state index in [0.717, 1.165) is 16.7 Å². The van der Waals surface area contributed by atoms with Gasteiger partial charge in [0.05, 0.1) is 25.3 Å². The lowest BCUT2D eigenvalue weighted by Crippen LogP contribution is -2.38. The molecule has 2 aliphatic rings. The highest BCUT2D eigenvalue weighted by Gasteiger charge is 2.24. The number of amides is 1. The summed E-state index contributed by atoms with van der Waals surface area (Å²) in [6.07, 6.45) is 6.73. The number of benzene rings is 1. The van der Waals surface area contributed by atoms with Crippen LogP contribution in [0.15, 0.2) is 53.9 Å². The number of hydrogen-bond acceptors (Lipinski definition) is 6. The summed E-state index contributed by atoms with van der Waals surface area (Å²) in [7, 11) is 1.73. The molecular formula is C24H21FN4O3. The molecule has 2 aromatic heterocycles. The highest BCUT2D eigenvalue weighted by Crippen LogP contribution is 2.31. The maximum atomic E-state index is 13.8. The van der Waals surface area contributed by atoms with Gasteiger partial charge in [0, 0.05) is 49.5 Å². The van der Waals surface area contributed by atoms with Crippen molar-refractivity contribution in [2.75, 3.05) is 20.3 Å². The van der Waals surface area contributed by atoms with Crippen molar-refractivity contribution in [3.63, 3.8) is 0 Å². The number of halogens is 1. The number of rotatable bonds is 6. The molecule has 1 fully saturated rings. The molecule has 1 saturated heterocycles. The van der Waals surface area contributed by atoms with Crippen molar-refractivity contribution in [3.05, 3.63) is 77.0 Å². The van der Waals surface area contributed by atoms with E-state index < -0.39 is 0 Å². The molecule has 3 aromatic rings. The van der Waals surface area contributed by atoms with Crippen LogP contribution in [0, 0.1) is 5.82 Å².